The van der Waals surface area contributed by atoms with Crippen LogP contribution in [0, 0.1) is 23.7 Å². The number of rotatable bonds is 1. The maximum absolute atomic E-state index is 11.2. The smallest absolute Gasteiger partial charge is 0.0902 e. The minimum absolute atomic E-state index is 0.166. The predicted molar refractivity (Wildman–Crippen MR) is 93.4 cm³/mol. The summed E-state index contributed by atoms with van der Waals surface area (Å²) < 4.78 is 6.40. The van der Waals surface area contributed by atoms with Gasteiger partial charge in [0.05, 0.1) is 29.5 Å². The summed E-state index contributed by atoms with van der Waals surface area (Å²) in [4.78, 5) is 0. The van der Waals surface area contributed by atoms with Gasteiger partial charge in [-0.25, -0.2) is 0 Å². The lowest BCUT2D eigenvalue weighted by Gasteiger charge is -2.44. The van der Waals surface area contributed by atoms with Gasteiger partial charge in [0, 0.05) is 12.3 Å². The highest BCUT2D eigenvalue weighted by molar-refractivity contribution is 5.18. The van der Waals surface area contributed by atoms with Crippen LogP contribution in [0.1, 0.15) is 59.8 Å². The van der Waals surface area contributed by atoms with E-state index in [1.54, 1.807) is 6.92 Å². The van der Waals surface area contributed by atoms with E-state index in [0.717, 1.165) is 12.8 Å². The zero-order valence-electron chi connectivity index (χ0n) is 15.5. The van der Waals surface area contributed by atoms with Gasteiger partial charge >= 0.3 is 0 Å². The molecule has 0 amide bonds. The zero-order valence-corrected chi connectivity index (χ0v) is 15.5. The fraction of sp³-hybridized carbons (Fsp3) is 0.900. The minimum atomic E-state index is -1.20. The molecule has 4 nitrogen and oxygen atoms in total. The molecule has 3 rings (SSSR count). The Kier molecular flexibility index (Phi) is 4.66. The highest BCUT2D eigenvalue weighted by Crippen LogP contribution is 2.55. The van der Waals surface area contributed by atoms with Gasteiger partial charge < -0.3 is 20.1 Å². The lowest BCUT2D eigenvalue weighted by atomic mass is 9.60. The fourth-order valence-electron chi connectivity index (χ4n) is 5.48. The van der Waals surface area contributed by atoms with Crippen molar-refractivity contribution in [2.24, 2.45) is 23.7 Å². The third-order valence-corrected chi connectivity index (χ3v) is 6.98. The maximum Gasteiger partial charge on any atom is 0.0902 e. The van der Waals surface area contributed by atoms with Gasteiger partial charge in [0.2, 0.25) is 0 Å². The molecule has 1 saturated carbocycles. The number of aliphatic hydroxyl groups is 3. The van der Waals surface area contributed by atoms with Crippen molar-refractivity contribution in [3.63, 3.8) is 0 Å². The van der Waals surface area contributed by atoms with Gasteiger partial charge in [-0.3, -0.25) is 0 Å². The Morgan fingerprint density at radius 1 is 1.17 bits per heavy atom. The minimum Gasteiger partial charge on any atom is -0.390 e. The number of hydrogen-bond acceptors (Lipinski definition) is 4. The van der Waals surface area contributed by atoms with Crippen LogP contribution in [-0.4, -0.2) is 44.8 Å². The second-order valence-electron chi connectivity index (χ2n) is 9.28. The zero-order chi connectivity index (χ0) is 17.9. The molecule has 3 aliphatic rings. The Hall–Kier alpha value is -0.420. The first kappa shape index (κ1) is 18.4. The summed E-state index contributed by atoms with van der Waals surface area (Å²) in [7, 11) is 0. The van der Waals surface area contributed by atoms with Gasteiger partial charge in [-0.1, -0.05) is 26.0 Å². The molecular formula is C20H34O4. The normalized spacial score (nSPS) is 52.6. The lowest BCUT2D eigenvalue weighted by Crippen LogP contribution is -2.50. The van der Waals surface area contributed by atoms with E-state index >= 15 is 0 Å². The van der Waals surface area contributed by atoms with Crippen LogP contribution in [0.25, 0.3) is 0 Å². The molecule has 0 radical (unpaired) electrons. The van der Waals surface area contributed by atoms with E-state index in [2.05, 4.69) is 20.4 Å². The highest BCUT2D eigenvalue weighted by atomic mass is 16.5. The van der Waals surface area contributed by atoms with Crippen LogP contribution in [0.2, 0.25) is 0 Å². The van der Waals surface area contributed by atoms with Crippen molar-refractivity contribution < 1.29 is 20.1 Å². The van der Waals surface area contributed by atoms with Crippen molar-refractivity contribution in [1.29, 1.82) is 0 Å². The van der Waals surface area contributed by atoms with Crippen molar-refractivity contribution in [2.75, 3.05) is 0 Å². The second-order valence-corrected chi connectivity index (χ2v) is 9.28. The van der Waals surface area contributed by atoms with E-state index in [0.29, 0.717) is 31.1 Å². The average molecular weight is 338 g/mol. The molecule has 2 heterocycles. The van der Waals surface area contributed by atoms with Crippen molar-refractivity contribution in [1.82, 2.24) is 0 Å². The number of ether oxygens (including phenoxy) is 1. The molecule has 138 valence electrons. The first-order valence-corrected chi connectivity index (χ1v) is 9.50. The maximum atomic E-state index is 11.2. The molecule has 3 fully saturated rings. The molecule has 8 atom stereocenters. The Bertz CT molecular complexity index is 496. The van der Waals surface area contributed by atoms with Crippen molar-refractivity contribution in [2.45, 2.75) is 89.3 Å². The molecule has 0 unspecified atom stereocenters. The lowest BCUT2D eigenvalue weighted by molar-refractivity contribution is -0.120. The number of hydrogen-bond donors (Lipinski definition) is 3. The molecular weight excluding hydrogens is 304 g/mol. The summed E-state index contributed by atoms with van der Waals surface area (Å²) in [5.74, 6) is 1.44. The average Bonchev–Trinajstić information content (AvgIpc) is 2.85. The monoisotopic (exact) mass is 338 g/mol. The van der Waals surface area contributed by atoms with Crippen LogP contribution < -0.4 is 0 Å². The summed E-state index contributed by atoms with van der Waals surface area (Å²) in [5.41, 5.74) is -1.01. The molecule has 4 heteroatoms. The van der Waals surface area contributed by atoms with Crippen LogP contribution in [0.15, 0.2) is 12.2 Å². The third kappa shape index (κ3) is 2.96. The van der Waals surface area contributed by atoms with Crippen LogP contribution in [0.5, 0.6) is 0 Å². The summed E-state index contributed by atoms with van der Waals surface area (Å²) in [6.07, 6.45) is 2.03. The summed E-state index contributed by atoms with van der Waals surface area (Å²) in [6.45, 7) is 12.3. The van der Waals surface area contributed by atoms with Gasteiger partial charge in [0.15, 0.2) is 0 Å². The highest BCUT2D eigenvalue weighted by Gasteiger charge is 2.58. The first-order chi connectivity index (χ1) is 11.0. The Morgan fingerprint density at radius 2 is 1.83 bits per heavy atom. The van der Waals surface area contributed by atoms with E-state index < -0.39 is 17.3 Å². The van der Waals surface area contributed by atoms with Crippen LogP contribution in [0.3, 0.4) is 0 Å². The van der Waals surface area contributed by atoms with Crippen molar-refractivity contribution in [3.05, 3.63) is 12.2 Å². The van der Waals surface area contributed by atoms with Crippen molar-refractivity contribution in [3.8, 4) is 0 Å². The molecule has 2 aliphatic heterocycles. The standard InChI is InChI=1S/C20H34O4/c1-11(2)13-7-6-12(3)16-14-10-20(5,23)15(21)8-9-19(4,22)18(24-14)17(13)16/h11,13-18,21-23H,3,6-10H2,1-2,4-5H3/t13-,14-,15+,16-,17-,18-,19-,20+/m0/s1. The fourth-order valence-corrected chi connectivity index (χ4v) is 5.48. The van der Waals surface area contributed by atoms with E-state index in [4.69, 9.17) is 4.74 Å². The SMILES string of the molecule is C=C1CC[C@@H](C(C)C)[C@H]2[C@@H]1[C@@H]1C[C@@](C)(O)[C@H](O)CC[C@](C)(O)[C@H]2O1. The van der Waals surface area contributed by atoms with Crippen molar-refractivity contribution >= 4 is 0 Å². The largest absolute Gasteiger partial charge is 0.390 e. The number of fused-ring (bicyclic) bond motifs is 5. The first-order valence-electron chi connectivity index (χ1n) is 9.50. The molecule has 2 saturated heterocycles. The Balaban J connectivity index is 2.02. The molecule has 2 bridgehead atoms. The van der Waals surface area contributed by atoms with E-state index in [1.807, 2.05) is 6.92 Å². The molecule has 0 aromatic heterocycles. The van der Waals surface area contributed by atoms with E-state index in [1.165, 1.54) is 5.57 Å². The van der Waals surface area contributed by atoms with Gasteiger partial charge in [-0.15, -0.1) is 0 Å². The van der Waals surface area contributed by atoms with E-state index in [-0.39, 0.29) is 24.0 Å². The molecule has 3 N–H and O–H groups in total. The molecule has 0 spiro atoms. The Labute approximate surface area is 145 Å². The van der Waals surface area contributed by atoms with Gasteiger partial charge in [-0.2, -0.15) is 0 Å². The molecule has 1 aliphatic carbocycles. The summed E-state index contributed by atoms with van der Waals surface area (Å²) in [6, 6.07) is 0. The summed E-state index contributed by atoms with van der Waals surface area (Å²) in [5, 5.41) is 32.3. The quantitative estimate of drug-likeness (QED) is 0.643. The van der Waals surface area contributed by atoms with Gasteiger partial charge in [0.25, 0.3) is 0 Å². The van der Waals surface area contributed by atoms with E-state index in [9.17, 15) is 15.3 Å². The molecule has 24 heavy (non-hydrogen) atoms. The molecule has 0 aromatic rings. The number of aliphatic hydroxyl groups excluding tert-OH is 1. The Morgan fingerprint density at radius 3 is 2.46 bits per heavy atom. The van der Waals surface area contributed by atoms with Crippen LogP contribution >= 0.6 is 0 Å². The van der Waals surface area contributed by atoms with Crippen LogP contribution in [0.4, 0.5) is 0 Å². The predicted octanol–water partition coefficient (Wildman–Crippen LogP) is 2.66. The van der Waals surface area contributed by atoms with Gasteiger partial charge in [-0.05, 0) is 57.3 Å². The third-order valence-electron chi connectivity index (χ3n) is 6.98. The van der Waals surface area contributed by atoms with Crippen LogP contribution in [-0.2, 0) is 4.74 Å². The van der Waals surface area contributed by atoms with Gasteiger partial charge in [0.1, 0.15) is 0 Å². The molecule has 0 aromatic carbocycles. The topological polar surface area (TPSA) is 69.9 Å². The summed E-state index contributed by atoms with van der Waals surface area (Å²) >= 11 is 0. The second kappa shape index (κ2) is 6.08.